The number of hydrogen-bond donors (Lipinski definition) is 1. The molecule has 2 heterocycles. The number of H-pyrrole nitrogens is 1. The van der Waals surface area contributed by atoms with Crippen molar-refractivity contribution >= 4 is 98.3 Å². The minimum Gasteiger partial charge on any atom is -0.381 e. The van der Waals surface area contributed by atoms with Gasteiger partial charge in [-0.1, -0.05) is 199 Å². The third kappa shape index (κ3) is 25.8. The van der Waals surface area contributed by atoms with E-state index >= 15 is 0 Å². The van der Waals surface area contributed by atoms with Gasteiger partial charge in [0, 0.05) is 46.9 Å². The molecule has 0 bridgehead atoms. The Hall–Kier alpha value is 2.03. The summed E-state index contributed by atoms with van der Waals surface area (Å²) in [5.41, 5.74) is 0.936. The first kappa shape index (κ1) is 59.7. The maximum absolute atomic E-state index is 6.15. The van der Waals surface area contributed by atoms with Crippen LogP contribution in [0.15, 0.2) is 18.7 Å². The lowest BCUT2D eigenvalue weighted by atomic mass is 9.87. The SMILES string of the molecule is C.C1CCOC1.CC(C)(C)[Si](C)(C)CCC(CBr)(CBr)CC[Si](C)(C)C(C)(C)C.CC(C)(C)[Si](C)(C)Cl.CCC(CC)(CBr)CBr.c1c[nH]cn1. The summed E-state index contributed by atoms with van der Waals surface area (Å²) < 4.78 is 4.94. The molecule has 0 unspecified atom stereocenters. The quantitative estimate of drug-likeness (QED) is 0.129. The fourth-order valence-electron chi connectivity index (χ4n) is 3.72. The summed E-state index contributed by atoms with van der Waals surface area (Å²) in [5.74, 6) is 0. The summed E-state index contributed by atoms with van der Waals surface area (Å²) >= 11 is 20.9. The van der Waals surface area contributed by atoms with Crippen LogP contribution in [-0.4, -0.2) is 68.0 Å². The largest absolute Gasteiger partial charge is 0.381 e. The lowest BCUT2D eigenvalue weighted by molar-refractivity contribution is 0.198. The molecule has 0 amide bonds. The van der Waals surface area contributed by atoms with Crippen LogP contribution in [-0.2, 0) is 4.74 Å². The predicted molar refractivity (Wildman–Crippen MR) is 262 cm³/mol. The highest BCUT2D eigenvalue weighted by Crippen LogP contribution is 2.47. The van der Waals surface area contributed by atoms with Gasteiger partial charge in [0.25, 0.3) is 0 Å². The van der Waals surface area contributed by atoms with Crippen molar-refractivity contribution in [2.45, 2.75) is 189 Å². The van der Waals surface area contributed by atoms with Crippen LogP contribution in [0.3, 0.4) is 0 Å². The number of aromatic nitrogens is 2. The lowest BCUT2D eigenvalue weighted by Gasteiger charge is -2.43. The molecule has 1 fully saturated rings. The van der Waals surface area contributed by atoms with Crippen molar-refractivity contribution in [1.29, 1.82) is 0 Å². The van der Waals surface area contributed by atoms with Crippen molar-refractivity contribution in [2.75, 3.05) is 34.5 Å². The van der Waals surface area contributed by atoms with Gasteiger partial charge in [0.05, 0.1) is 22.5 Å². The molecule has 1 saturated heterocycles. The minimum atomic E-state index is -1.39. The fraction of sp³-hybridized carbons (Fsp3) is 0.925. The number of nitrogens with one attached hydrogen (secondary N) is 1. The molecule has 51 heavy (non-hydrogen) atoms. The number of rotatable bonds is 12. The Kier molecular flexibility index (Phi) is 32.4. The summed E-state index contributed by atoms with van der Waals surface area (Å²) in [6.07, 6.45) is 12.9. The molecule has 0 aliphatic carbocycles. The van der Waals surface area contributed by atoms with Crippen molar-refractivity contribution in [1.82, 2.24) is 9.97 Å². The van der Waals surface area contributed by atoms with E-state index in [1.807, 2.05) is 0 Å². The Morgan fingerprint density at radius 1 is 0.647 bits per heavy atom. The number of ether oxygens (including phenoxy) is 1. The van der Waals surface area contributed by atoms with E-state index in [9.17, 15) is 0 Å². The molecule has 0 aromatic carbocycles. The van der Waals surface area contributed by atoms with Gasteiger partial charge in [-0.3, -0.25) is 0 Å². The maximum Gasteiger partial charge on any atom is 0.155 e. The first-order valence-electron chi connectivity index (χ1n) is 19.0. The third-order valence-corrected chi connectivity index (χ3v) is 33.4. The molecule has 0 atom stereocenters. The zero-order valence-corrected chi connectivity index (χ0v) is 46.0. The van der Waals surface area contributed by atoms with Crippen molar-refractivity contribution in [2.24, 2.45) is 10.8 Å². The van der Waals surface area contributed by atoms with Gasteiger partial charge >= 0.3 is 0 Å². The summed E-state index contributed by atoms with van der Waals surface area (Å²) in [6, 6.07) is 2.87. The number of hydrogen-bond acceptors (Lipinski definition) is 2. The maximum atomic E-state index is 6.15. The molecule has 0 saturated carbocycles. The molecular formula is C40H87Br4ClN2OSi3. The number of halogens is 5. The normalized spacial score (nSPS) is 14.3. The van der Waals surface area contributed by atoms with Crippen molar-refractivity contribution in [3.05, 3.63) is 18.7 Å². The van der Waals surface area contributed by atoms with Gasteiger partial charge < -0.3 is 9.72 Å². The molecular weight excluding hydrogens is 964 g/mol. The van der Waals surface area contributed by atoms with Crippen LogP contribution >= 0.6 is 74.8 Å². The van der Waals surface area contributed by atoms with E-state index in [0.717, 1.165) is 34.5 Å². The van der Waals surface area contributed by atoms with E-state index in [4.69, 9.17) is 15.8 Å². The Bertz CT molecular complexity index is 841. The van der Waals surface area contributed by atoms with Crippen molar-refractivity contribution < 1.29 is 4.74 Å². The monoisotopic (exact) mass is 1050 g/mol. The Morgan fingerprint density at radius 3 is 1.10 bits per heavy atom. The highest BCUT2D eigenvalue weighted by molar-refractivity contribution is 9.10. The average molecular weight is 1050 g/mol. The fourth-order valence-corrected chi connectivity index (χ4v) is 12.1. The van der Waals surface area contributed by atoms with Crippen LogP contribution in [0, 0.1) is 10.8 Å². The number of nitrogens with zero attached hydrogens (tertiary/aromatic N) is 1. The minimum absolute atomic E-state index is 0. The van der Waals surface area contributed by atoms with Crippen LogP contribution in [0.4, 0.5) is 0 Å². The molecule has 0 radical (unpaired) electrons. The predicted octanol–water partition coefficient (Wildman–Crippen LogP) is 17.2. The first-order chi connectivity index (χ1) is 22.5. The molecule has 11 heteroatoms. The van der Waals surface area contributed by atoms with Crippen molar-refractivity contribution in [3.8, 4) is 0 Å². The first-order valence-corrected chi connectivity index (χ1v) is 33.9. The highest BCUT2D eigenvalue weighted by Gasteiger charge is 2.41. The molecule has 1 N–H and O–H groups in total. The van der Waals surface area contributed by atoms with E-state index in [2.05, 4.69) is 189 Å². The molecule has 1 aliphatic rings. The van der Waals surface area contributed by atoms with Crippen LogP contribution < -0.4 is 0 Å². The smallest absolute Gasteiger partial charge is 0.155 e. The molecule has 1 aliphatic heterocycles. The highest BCUT2D eigenvalue weighted by atomic mass is 79.9. The summed E-state index contributed by atoms with van der Waals surface area (Å²) in [6.45, 7) is 42.4. The standard InChI is InChI=1S/C19H42Br2Si2.C7H14Br2.C6H15ClSi.C4H8O.C3H4N2.CH4/c1-17(2,3)22(7,8)13-11-19(15-20,16-21)12-14-23(9,10)18(4,5)6;1-3-7(4-2,5-8)6-9;1-6(2,3)8(4,5)7;1-2-4-5-3-1;1-2-5-3-4-1;/h11-16H2,1-10H3;3-6H2,1-2H3;1-5H3;1-4H2;1-3H,(H,4,5);1H4. The summed E-state index contributed by atoms with van der Waals surface area (Å²) in [4.78, 5) is 6.42. The van der Waals surface area contributed by atoms with Crippen LogP contribution in [0.5, 0.6) is 0 Å². The van der Waals surface area contributed by atoms with Gasteiger partial charge in [-0.2, -0.15) is 11.1 Å². The summed E-state index contributed by atoms with van der Waals surface area (Å²) in [5, 5.41) is 5.82. The topological polar surface area (TPSA) is 37.9 Å². The molecule has 3 nitrogen and oxygen atoms in total. The molecule has 0 spiro atoms. The molecule has 2 rings (SSSR count). The molecule has 310 valence electrons. The Morgan fingerprint density at radius 2 is 0.980 bits per heavy atom. The third-order valence-electron chi connectivity index (χ3n) is 12.3. The van der Waals surface area contributed by atoms with Gasteiger partial charge in [-0.15, -0.1) is 0 Å². The van der Waals surface area contributed by atoms with Crippen LogP contribution in [0.1, 0.15) is 122 Å². The molecule has 1 aromatic heterocycles. The van der Waals surface area contributed by atoms with Crippen LogP contribution in [0.25, 0.3) is 0 Å². The molecule has 1 aromatic rings. The lowest BCUT2D eigenvalue weighted by Crippen LogP contribution is -2.41. The van der Waals surface area contributed by atoms with Gasteiger partial charge in [0.15, 0.2) is 7.38 Å². The van der Waals surface area contributed by atoms with E-state index in [1.54, 1.807) is 18.7 Å². The van der Waals surface area contributed by atoms with Crippen molar-refractivity contribution in [3.63, 3.8) is 0 Å². The van der Waals surface area contributed by atoms with E-state index in [1.165, 1.54) is 50.6 Å². The van der Waals surface area contributed by atoms with Gasteiger partial charge in [0.2, 0.25) is 0 Å². The van der Waals surface area contributed by atoms with E-state index in [-0.39, 0.29) is 7.43 Å². The van der Waals surface area contributed by atoms with Gasteiger partial charge in [-0.25, -0.2) is 4.98 Å². The van der Waals surface area contributed by atoms with Crippen LogP contribution in [0.2, 0.25) is 66.5 Å². The van der Waals surface area contributed by atoms with Gasteiger partial charge in [-0.05, 0) is 64.5 Å². The second kappa shape index (κ2) is 27.6. The average Bonchev–Trinajstić information content (AvgIpc) is 3.78. The Labute approximate surface area is 362 Å². The van der Waals surface area contributed by atoms with E-state index in [0.29, 0.717) is 25.9 Å². The van der Waals surface area contributed by atoms with Gasteiger partial charge in [0.1, 0.15) is 0 Å². The number of alkyl halides is 4. The second-order valence-corrected chi connectivity index (χ2v) is 40.4. The zero-order chi connectivity index (χ0) is 40.1. The summed E-state index contributed by atoms with van der Waals surface area (Å²) in [7, 11) is -3.76. The van der Waals surface area contributed by atoms with E-state index < -0.39 is 23.5 Å². The number of aromatic amines is 1. The Balaban J connectivity index is -0.000000319. The number of imidazole rings is 1. The zero-order valence-electron chi connectivity index (χ0n) is 35.9. The second-order valence-electron chi connectivity index (χ2n) is 19.3.